The number of benzene rings is 2. The van der Waals surface area contributed by atoms with Gasteiger partial charge in [-0.05, 0) is 61.3 Å². The summed E-state index contributed by atoms with van der Waals surface area (Å²) in [7, 11) is -3.45. The topological polar surface area (TPSA) is 58.6 Å². The lowest BCUT2D eigenvalue weighted by Gasteiger charge is -2.17. The van der Waals surface area contributed by atoms with Crippen LogP contribution in [-0.2, 0) is 10.0 Å². The first-order chi connectivity index (χ1) is 12.0. The molecule has 2 aromatic carbocycles. The molecule has 2 aliphatic heterocycles. The van der Waals surface area contributed by atoms with E-state index in [0.29, 0.717) is 46.3 Å². The molecule has 0 unspecified atom stereocenters. The van der Waals surface area contributed by atoms with Crippen LogP contribution >= 0.6 is 24.0 Å². The number of nitrogens with one attached hydrogen (secondary N) is 1. The van der Waals surface area contributed by atoms with Crippen LogP contribution in [0.1, 0.15) is 0 Å². The minimum atomic E-state index is -3.45. The molecule has 2 aromatic rings. The van der Waals surface area contributed by atoms with E-state index in [0.717, 1.165) is 13.1 Å². The van der Waals surface area contributed by atoms with Crippen LogP contribution in [0.2, 0.25) is 5.02 Å². The van der Waals surface area contributed by atoms with E-state index in [1.54, 1.807) is 40.7 Å². The predicted molar refractivity (Wildman–Crippen MR) is 104 cm³/mol. The number of sulfonamides is 1. The van der Waals surface area contributed by atoms with Gasteiger partial charge in [0.1, 0.15) is 11.5 Å². The number of para-hydroxylation sites is 1. The third kappa shape index (κ3) is 3.70. The Hall–Kier alpha value is -1.31. The second kappa shape index (κ2) is 7.74. The number of hydrogen-bond donors (Lipinski definition) is 1. The van der Waals surface area contributed by atoms with Crippen molar-refractivity contribution in [3.63, 3.8) is 0 Å². The molecule has 2 heterocycles. The fourth-order valence-corrected chi connectivity index (χ4v) is 5.22. The van der Waals surface area contributed by atoms with Gasteiger partial charge < -0.3 is 10.1 Å². The first kappa shape index (κ1) is 19.5. The molecule has 26 heavy (non-hydrogen) atoms. The summed E-state index contributed by atoms with van der Waals surface area (Å²) in [5.41, 5.74) is 0. The highest BCUT2D eigenvalue weighted by molar-refractivity contribution is 7.89. The Morgan fingerprint density at radius 2 is 1.62 bits per heavy atom. The van der Waals surface area contributed by atoms with Gasteiger partial charge in [0.2, 0.25) is 10.0 Å². The average Bonchev–Trinajstić information content (AvgIpc) is 3.20. The lowest BCUT2D eigenvalue weighted by molar-refractivity contribution is 0.447. The number of rotatable bonds is 4. The first-order valence-corrected chi connectivity index (χ1v) is 10.1. The Bertz CT molecular complexity index is 862. The second-order valence-electron chi connectivity index (χ2n) is 6.50. The number of nitrogens with zero attached hydrogens (tertiary/aromatic N) is 1. The van der Waals surface area contributed by atoms with E-state index in [9.17, 15) is 8.42 Å². The highest BCUT2D eigenvalue weighted by Crippen LogP contribution is 2.32. The van der Waals surface area contributed by atoms with Crippen LogP contribution < -0.4 is 10.1 Å². The van der Waals surface area contributed by atoms with E-state index < -0.39 is 10.0 Å². The van der Waals surface area contributed by atoms with E-state index in [-0.39, 0.29) is 12.4 Å². The Morgan fingerprint density at radius 3 is 2.23 bits per heavy atom. The van der Waals surface area contributed by atoms with E-state index in [2.05, 4.69) is 5.32 Å². The first-order valence-electron chi connectivity index (χ1n) is 8.27. The average molecular weight is 415 g/mol. The van der Waals surface area contributed by atoms with Gasteiger partial charge in [-0.1, -0.05) is 23.7 Å². The van der Waals surface area contributed by atoms with Crippen LogP contribution in [-0.4, -0.2) is 38.9 Å². The summed E-state index contributed by atoms with van der Waals surface area (Å²) in [6, 6.07) is 13.7. The molecule has 0 bridgehead atoms. The van der Waals surface area contributed by atoms with Crippen molar-refractivity contribution < 1.29 is 13.2 Å². The zero-order chi connectivity index (χ0) is 17.4. The van der Waals surface area contributed by atoms with Crippen LogP contribution in [0, 0.1) is 11.8 Å². The summed E-state index contributed by atoms with van der Waals surface area (Å²) in [6.45, 7) is 3.00. The van der Waals surface area contributed by atoms with Crippen LogP contribution in [0.15, 0.2) is 53.4 Å². The zero-order valence-electron chi connectivity index (χ0n) is 14.0. The highest BCUT2D eigenvalue weighted by Gasteiger charge is 2.41. The second-order valence-corrected chi connectivity index (χ2v) is 8.85. The van der Waals surface area contributed by atoms with Gasteiger partial charge in [0, 0.05) is 13.1 Å². The zero-order valence-corrected chi connectivity index (χ0v) is 16.4. The fourth-order valence-electron chi connectivity index (χ4n) is 3.49. The number of fused-ring (bicyclic) bond motifs is 1. The van der Waals surface area contributed by atoms with Gasteiger partial charge in [0.25, 0.3) is 0 Å². The summed E-state index contributed by atoms with van der Waals surface area (Å²) >= 11 is 6.08. The maximum absolute atomic E-state index is 12.8. The SMILES string of the molecule is Cl.O=S(=O)(c1ccc(Oc2ccccc2Cl)cc1)N1C[C@H]2CNC[C@H]2C1. The Balaban J connectivity index is 0.00000196. The molecule has 5 nitrogen and oxygen atoms in total. The van der Waals surface area contributed by atoms with Gasteiger partial charge in [-0.3, -0.25) is 0 Å². The Morgan fingerprint density at radius 1 is 1.00 bits per heavy atom. The van der Waals surface area contributed by atoms with Crippen molar-refractivity contribution in [3.8, 4) is 11.5 Å². The molecule has 1 N–H and O–H groups in total. The standard InChI is InChI=1S/C18H19ClN2O3S.ClH/c19-17-3-1-2-4-18(17)24-15-5-7-16(8-6-15)25(22,23)21-11-13-9-20-10-14(13)12-21;/h1-8,13-14,20H,9-12H2;1H/t13-,14+;. The minimum absolute atomic E-state index is 0. The van der Waals surface area contributed by atoms with Gasteiger partial charge in [-0.15, -0.1) is 12.4 Å². The van der Waals surface area contributed by atoms with Crippen molar-refractivity contribution in [2.75, 3.05) is 26.2 Å². The summed E-state index contributed by atoms with van der Waals surface area (Å²) in [6.07, 6.45) is 0. The number of hydrogen-bond acceptors (Lipinski definition) is 4. The third-order valence-corrected chi connectivity index (χ3v) is 7.04. The van der Waals surface area contributed by atoms with Crippen molar-refractivity contribution in [1.82, 2.24) is 9.62 Å². The predicted octanol–water partition coefficient (Wildman–Crippen LogP) is 3.39. The Kier molecular flexibility index (Phi) is 5.79. The molecule has 0 aromatic heterocycles. The van der Waals surface area contributed by atoms with Crippen molar-refractivity contribution in [2.24, 2.45) is 11.8 Å². The monoisotopic (exact) mass is 414 g/mol. The summed E-state index contributed by atoms with van der Waals surface area (Å²) in [5.74, 6) is 1.95. The maximum Gasteiger partial charge on any atom is 0.243 e. The number of halogens is 2. The quantitative estimate of drug-likeness (QED) is 0.832. The summed E-state index contributed by atoms with van der Waals surface area (Å²) in [5, 5.41) is 3.83. The fraction of sp³-hybridized carbons (Fsp3) is 0.333. The van der Waals surface area contributed by atoms with Crippen molar-refractivity contribution in [3.05, 3.63) is 53.6 Å². The van der Waals surface area contributed by atoms with E-state index >= 15 is 0 Å². The van der Waals surface area contributed by atoms with Gasteiger partial charge in [-0.2, -0.15) is 4.31 Å². The summed E-state index contributed by atoms with van der Waals surface area (Å²) < 4.78 is 33.0. The van der Waals surface area contributed by atoms with Crippen molar-refractivity contribution >= 4 is 34.0 Å². The van der Waals surface area contributed by atoms with Crippen LogP contribution in [0.5, 0.6) is 11.5 Å². The van der Waals surface area contributed by atoms with Gasteiger partial charge >= 0.3 is 0 Å². The van der Waals surface area contributed by atoms with Crippen LogP contribution in [0.4, 0.5) is 0 Å². The lowest BCUT2D eigenvalue weighted by Crippen LogP contribution is -2.31. The molecule has 2 aliphatic rings. The maximum atomic E-state index is 12.8. The number of ether oxygens (including phenoxy) is 1. The van der Waals surface area contributed by atoms with Gasteiger partial charge in [-0.25, -0.2) is 8.42 Å². The van der Waals surface area contributed by atoms with Crippen LogP contribution in [0.25, 0.3) is 0 Å². The molecule has 2 atom stereocenters. The normalized spacial score (nSPS) is 22.7. The van der Waals surface area contributed by atoms with E-state index in [1.807, 2.05) is 12.1 Å². The molecule has 0 amide bonds. The van der Waals surface area contributed by atoms with Crippen molar-refractivity contribution in [2.45, 2.75) is 4.90 Å². The minimum Gasteiger partial charge on any atom is -0.456 e. The van der Waals surface area contributed by atoms with Crippen LogP contribution in [0.3, 0.4) is 0 Å². The molecular weight excluding hydrogens is 395 g/mol. The third-order valence-electron chi connectivity index (χ3n) is 4.88. The Labute approximate surface area is 164 Å². The molecule has 2 fully saturated rings. The van der Waals surface area contributed by atoms with E-state index in [4.69, 9.17) is 16.3 Å². The van der Waals surface area contributed by atoms with Crippen molar-refractivity contribution in [1.29, 1.82) is 0 Å². The molecule has 140 valence electrons. The van der Waals surface area contributed by atoms with Gasteiger partial charge in [0.05, 0.1) is 9.92 Å². The molecule has 0 spiro atoms. The molecular formula is C18H20Cl2N2O3S. The molecule has 4 rings (SSSR count). The smallest absolute Gasteiger partial charge is 0.243 e. The molecule has 0 radical (unpaired) electrons. The van der Waals surface area contributed by atoms with Gasteiger partial charge in [0.15, 0.2) is 0 Å². The lowest BCUT2D eigenvalue weighted by atomic mass is 10.0. The highest BCUT2D eigenvalue weighted by atomic mass is 35.5. The summed E-state index contributed by atoms with van der Waals surface area (Å²) in [4.78, 5) is 0.298. The van der Waals surface area contributed by atoms with E-state index in [1.165, 1.54) is 0 Å². The largest absolute Gasteiger partial charge is 0.456 e. The molecule has 0 aliphatic carbocycles. The molecule has 8 heteroatoms. The molecule has 0 saturated carbocycles. The molecule has 2 saturated heterocycles.